The monoisotopic (exact) mass is 212 g/mol. The van der Waals surface area contributed by atoms with Gasteiger partial charge in [-0.25, -0.2) is 0 Å². The van der Waals surface area contributed by atoms with Gasteiger partial charge in [-0.05, 0) is 45.2 Å². The highest BCUT2D eigenvalue weighted by atomic mass is 15.2. The average Bonchev–Trinajstić information content (AvgIpc) is 2.96. The Morgan fingerprint density at radius 1 is 1.27 bits per heavy atom. The maximum Gasteiger partial charge on any atom is 0.00790 e. The first-order chi connectivity index (χ1) is 7.13. The van der Waals surface area contributed by atoms with Gasteiger partial charge in [0, 0.05) is 18.6 Å². The number of nitrogens with zero attached hydrogens (tertiary/aromatic N) is 1. The Labute approximate surface area is 95.4 Å². The molecule has 0 saturated heterocycles. The van der Waals surface area contributed by atoms with Crippen LogP contribution < -0.4 is 5.32 Å². The van der Waals surface area contributed by atoms with Gasteiger partial charge in [-0.3, -0.25) is 0 Å². The molecular formula is C13H28N2. The third kappa shape index (κ3) is 5.53. The van der Waals surface area contributed by atoms with E-state index in [2.05, 4.69) is 37.9 Å². The molecule has 90 valence electrons. The van der Waals surface area contributed by atoms with Crippen LogP contribution in [0.3, 0.4) is 0 Å². The fourth-order valence-corrected chi connectivity index (χ4v) is 2.02. The molecule has 1 fully saturated rings. The van der Waals surface area contributed by atoms with Crippen LogP contribution in [-0.2, 0) is 0 Å². The van der Waals surface area contributed by atoms with Gasteiger partial charge >= 0.3 is 0 Å². The highest BCUT2D eigenvalue weighted by Crippen LogP contribution is 2.30. The summed E-state index contributed by atoms with van der Waals surface area (Å²) in [5.74, 6) is 1.02. The van der Waals surface area contributed by atoms with Gasteiger partial charge in [-0.1, -0.05) is 20.8 Å². The Balaban J connectivity index is 2.13. The summed E-state index contributed by atoms with van der Waals surface area (Å²) in [5, 5.41) is 3.50. The van der Waals surface area contributed by atoms with Crippen molar-refractivity contribution in [3.63, 3.8) is 0 Å². The molecule has 1 atom stereocenters. The van der Waals surface area contributed by atoms with Crippen molar-refractivity contribution in [2.24, 2.45) is 5.92 Å². The lowest BCUT2D eigenvalue weighted by molar-refractivity contribution is 0.200. The summed E-state index contributed by atoms with van der Waals surface area (Å²) in [5.41, 5.74) is 0. The fourth-order valence-electron chi connectivity index (χ4n) is 2.02. The molecule has 0 aromatic heterocycles. The minimum atomic E-state index is 0.621. The number of hydrogen-bond donors (Lipinski definition) is 1. The SMILES string of the molecule is CCN(CC1CC1)C(C)CCNC(C)C. The van der Waals surface area contributed by atoms with Crippen molar-refractivity contribution in [2.75, 3.05) is 19.6 Å². The third-order valence-electron chi connectivity index (χ3n) is 3.33. The first kappa shape index (κ1) is 13.0. The van der Waals surface area contributed by atoms with Crippen LogP contribution in [0.5, 0.6) is 0 Å². The molecule has 1 aliphatic rings. The molecule has 0 aromatic carbocycles. The zero-order chi connectivity index (χ0) is 11.3. The molecule has 1 rings (SSSR count). The second-order valence-corrected chi connectivity index (χ2v) is 5.28. The maximum absolute atomic E-state index is 3.50. The Bertz CT molecular complexity index is 164. The van der Waals surface area contributed by atoms with Crippen molar-refractivity contribution in [3.8, 4) is 0 Å². The van der Waals surface area contributed by atoms with Crippen LogP contribution >= 0.6 is 0 Å². The molecule has 15 heavy (non-hydrogen) atoms. The van der Waals surface area contributed by atoms with Crippen LogP contribution in [-0.4, -0.2) is 36.6 Å². The summed E-state index contributed by atoms with van der Waals surface area (Å²) < 4.78 is 0. The van der Waals surface area contributed by atoms with Crippen molar-refractivity contribution in [2.45, 2.75) is 59.0 Å². The van der Waals surface area contributed by atoms with Gasteiger partial charge in [0.15, 0.2) is 0 Å². The van der Waals surface area contributed by atoms with E-state index in [0.717, 1.165) is 18.5 Å². The molecule has 0 bridgehead atoms. The topological polar surface area (TPSA) is 15.3 Å². The molecule has 0 spiro atoms. The normalized spacial score (nSPS) is 18.8. The van der Waals surface area contributed by atoms with Crippen molar-refractivity contribution >= 4 is 0 Å². The van der Waals surface area contributed by atoms with Crippen LogP contribution in [0, 0.1) is 5.92 Å². The van der Waals surface area contributed by atoms with Crippen LogP contribution in [0.15, 0.2) is 0 Å². The molecule has 2 nitrogen and oxygen atoms in total. The number of hydrogen-bond acceptors (Lipinski definition) is 2. The van der Waals surface area contributed by atoms with E-state index in [0.29, 0.717) is 6.04 Å². The third-order valence-corrected chi connectivity index (χ3v) is 3.33. The van der Waals surface area contributed by atoms with Gasteiger partial charge in [0.05, 0.1) is 0 Å². The van der Waals surface area contributed by atoms with Crippen LogP contribution in [0.1, 0.15) is 47.0 Å². The van der Waals surface area contributed by atoms with E-state index in [1.165, 1.54) is 32.4 Å². The standard InChI is InChI=1S/C13H28N2/c1-5-15(10-13-6-7-13)12(4)8-9-14-11(2)3/h11-14H,5-10H2,1-4H3. The zero-order valence-electron chi connectivity index (χ0n) is 10.9. The van der Waals surface area contributed by atoms with Crippen molar-refractivity contribution in [1.82, 2.24) is 10.2 Å². The first-order valence-electron chi connectivity index (χ1n) is 6.61. The first-order valence-corrected chi connectivity index (χ1v) is 6.61. The Hall–Kier alpha value is -0.0800. The lowest BCUT2D eigenvalue weighted by atomic mass is 10.2. The van der Waals surface area contributed by atoms with E-state index in [-0.39, 0.29) is 0 Å². The number of rotatable bonds is 8. The zero-order valence-corrected chi connectivity index (χ0v) is 10.9. The molecule has 1 unspecified atom stereocenters. The summed E-state index contributed by atoms with van der Waals surface area (Å²) >= 11 is 0. The predicted molar refractivity (Wildman–Crippen MR) is 67.2 cm³/mol. The second kappa shape index (κ2) is 6.49. The van der Waals surface area contributed by atoms with Crippen LogP contribution in [0.25, 0.3) is 0 Å². The molecule has 1 N–H and O–H groups in total. The van der Waals surface area contributed by atoms with E-state index < -0.39 is 0 Å². The summed E-state index contributed by atoms with van der Waals surface area (Å²) in [6, 6.07) is 1.36. The molecule has 2 heteroatoms. The van der Waals surface area contributed by atoms with Gasteiger partial charge in [0.2, 0.25) is 0 Å². The summed E-state index contributed by atoms with van der Waals surface area (Å²) in [6.45, 7) is 12.8. The smallest absolute Gasteiger partial charge is 0.00790 e. The molecule has 0 aromatic rings. The van der Waals surface area contributed by atoms with Crippen LogP contribution in [0.4, 0.5) is 0 Å². The van der Waals surface area contributed by atoms with E-state index in [1.54, 1.807) is 0 Å². The van der Waals surface area contributed by atoms with E-state index in [1.807, 2.05) is 0 Å². The minimum Gasteiger partial charge on any atom is -0.314 e. The van der Waals surface area contributed by atoms with Crippen molar-refractivity contribution in [3.05, 3.63) is 0 Å². The van der Waals surface area contributed by atoms with Crippen molar-refractivity contribution < 1.29 is 0 Å². The molecule has 0 amide bonds. The highest BCUT2D eigenvalue weighted by Gasteiger charge is 2.25. The molecule has 0 aliphatic heterocycles. The van der Waals surface area contributed by atoms with Gasteiger partial charge < -0.3 is 10.2 Å². The van der Waals surface area contributed by atoms with E-state index in [9.17, 15) is 0 Å². The lowest BCUT2D eigenvalue weighted by Gasteiger charge is -2.28. The molecule has 1 aliphatic carbocycles. The molecule has 0 heterocycles. The van der Waals surface area contributed by atoms with Crippen LogP contribution in [0.2, 0.25) is 0 Å². The fraction of sp³-hybridized carbons (Fsp3) is 1.00. The average molecular weight is 212 g/mol. The van der Waals surface area contributed by atoms with Gasteiger partial charge in [-0.15, -0.1) is 0 Å². The van der Waals surface area contributed by atoms with Gasteiger partial charge in [-0.2, -0.15) is 0 Å². The largest absolute Gasteiger partial charge is 0.314 e. The Morgan fingerprint density at radius 2 is 1.93 bits per heavy atom. The highest BCUT2D eigenvalue weighted by molar-refractivity contribution is 4.79. The predicted octanol–water partition coefficient (Wildman–Crippen LogP) is 2.49. The molecule has 1 saturated carbocycles. The van der Waals surface area contributed by atoms with E-state index in [4.69, 9.17) is 0 Å². The van der Waals surface area contributed by atoms with Gasteiger partial charge in [0.1, 0.15) is 0 Å². The molecule has 0 radical (unpaired) electrons. The number of nitrogens with one attached hydrogen (secondary N) is 1. The Kier molecular flexibility index (Phi) is 5.62. The second-order valence-electron chi connectivity index (χ2n) is 5.28. The van der Waals surface area contributed by atoms with E-state index >= 15 is 0 Å². The van der Waals surface area contributed by atoms with Crippen molar-refractivity contribution in [1.29, 1.82) is 0 Å². The lowest BCUT2D eigenvalue weighted by Crippen LogP contribution is -2.37. The quantitative estimate of drug-likeness (QED) is 0.665. The van der Waals surface area contributed by atoms with Gasteiger partial charge in [0.25, 0.3) is 0 Å². The summed E-state index contributed by atoms with van der Waals surface area (Å²) in [4.78, 5) is 2.64. The maximum atomic E-state index is 3.50. The molecular weight excluding hydrogens is 184 g/mol. The Morgan fingerprint density at radius 3 is 2.40 bits per heavy atom. The summed E-state index contributed by atoms with van der Waals surface area (Å²) in [6.07, 6.45) is 4.21. The summed E-state index contributed by atoms with van der Waals surface area (Å²) in [7, 11) is 0. The minimum absolute atomic E-state index is 0.621.